The van der Waals surface area contributed by atoms with Gasteiger partial charge in [0.25, 0.3) is 0 Å². The first-order valence-corrected chi connectivity index (χ1v) is 14.9. The summed E-state index contributed by atoms with van der Waals surface area (Å²) in [4.78, 5) is 5.41. The lowest BCUT2D eigenvalue weighted by molar-refractivity contribution is 0.0703. The standard InChI is InChI=1S/C36H38BN3O2/c1-5-35(3,4)42-37(41-6-2)33-23-22-30-31-26-38-25-24-32(31)40(34(30)39-33)36(27-16-10-7-11-17-27,28-18-12-8-13-19-28)29-20-14-9-15-21-29/h7-25,38H,5-6,26H2,1-4H3. The van der Waals surface area contributed by atoms with Gasteiger partial charge in [-0.3, -0.25) is 0 Å². The van der Waals surface area contributed by atoms with Gasteiger partial charge >= 0.3 is 7.12 Å². The summed E-state index contributed by atoms with van der Waals surface area (Å²) in [6.07, 6.45) is 5.08. The Bertz CT molecular complexity index is 1580. The van der Waals surface area contributed by atoms with Gasteiger partial charge in [-0.15, -0.1) is 0 Å². The van der Waals surface area contributed by atoms with Crippen LogP contribution in [0.1, 0.15) is 62.1 Å². The SMILES string of the molecule is CCOB(OC(C)(C)CC)c1ccc2c3c(n(C(c4ccccc4)(c4ccccc4)c4ccccc4)c2n1)C=CNC3. The smallest absolute Gasteiger partial charge is 0.407 e. The van der Waals surface area contributed by atoms with Gasteiger partial charge < -0.3 is 19.2 Å². The Morgan fingerprint density at radius 2 is 1.38 bits per heavy atom. The first kappa shape index (κ1) is 28.0. The summed E-state index contributed by atoms with van der Waals surface area (Å²) in [5, 5.41) is 4.56. The zero-order valence-electron chi connectivity index (χ0n) is 24.9. The van der Waals surface area contributed by atoms with Crippen molar-refractivity contribution in [1.29, 1.82) is 0 Å². The first-order valence-electron chi connectivity index (χ1n) is 14.9. The molecule has 1 N–H and O–H groups in total. The van der Waals surface area contributed by atoms with E-state index in [1.54, 1.807) is 0 Å². The molecule has 5 aromatic rings. The molecule has 0 aliphatic carbocycles. The van der Waals surface area contributed by atoms with Crippen molar-refractivity contribution in [3.63, 3.8) is 0 Å². The third-order valence-corrected chi connectivity index (χ3v) is 8.37. The fourth-order valence-electron chi connectivity index (χ4n) is 6.02. The van der Waals surface area contributed by atoms with Crippen LogP contribution in [0, 0.1) is 0 Å². The van der Waals surface area contributed by atoms with Gasteiger partial charge in [0.2, 0.25) is 0 Å². The van der Waals surface area contributed by atoms with Gasteiger partial charge in [0.1, 0.15) is 11.2 Å². The number of pyridine rings is 1. The van der Waals surface area contributed by atoms with Crippen molar-refractivity contribution in [2.45, 2.75) is 51.8 Å². The van der Waals surface area contributed by atoms with Crippen molar-refractivity contribution in [3.05, 3.63) is 137 Å². The van der Waals surface area contributed by atoms with Crippen LogP contribution >= 0.6 is 0 Å². The first-order chi connectivity index (χ1) is 20.5. The predicted octanol–water partition coefficient (Wildman–Crippen LogP) is 6.89. The molecule has 0 spiro atoms. The minimum atomic E-state index is -0.701. The molecule has 0 saturated carbocycles. The van der Waals surface area contributed by atoms with E-state index in [-0.39, 0.29) is 5.60 Å². The maximum Gasteiger partial charge on any atom is 0.514 e. The lowest BCUT2D eigenvalue weighted by Crippen LogP contribution is -2.45. The minimum Gasteiger partial charge on any atom is -0.407 e. The third-order valence-electron chi connectivity index (χ3n) is 8.37. The number of nitrogens with one attached hydrogen (secondary N) is 1. The zero-order valence-corrected chi connectivity index (χ0v) is 24.9. The number of fused-ring (bicyclic) bond motifs is 3. The average Bonchev–Trinajstić information content (AvgIpc) is 3.37. The number of aromatic nitrogens is 2. The summed E-state index contributed by atoms with van der Waals surface area (Å²) in [6.45, 7) is 9.57. The van der Waals surface area contributed by atoms with E-state index in [1.807, 2.05) is 13.1 Å². The maximum absolute atomic E-state index is 6.52. The van der Waals surface area contributed by atoms with Gasteiger partial charge in [0.15, 0.2) is 0 Å². The molecule has 0 saturated heterocycles. The summed E-state index contributed by atoms with van der Waals surface area (Å²) in [6, 6.07) is 36.6. The number of hydrogen-bond donors (Lipinski definition) is 1. The second-order valence-electron chi connectivity index (χ2n) is 11.3. The molecule has 3 heterocycles. The van der Waals surface area contributed by atoms with Crippen LogP contribution in [0.2, 0.25) is 0 Å². The summed E-state index contributed by atoms with van der Waals surface area (Å²) >= 11 is 0. The molecule has 3 aromatic carbocycles. The Kier molecular flexibility index (Phi) is 7.76. The maximum atomic E-state index is 6.52. The van der Waals surface area contributed by atoms with Gasteiger partial charge in [-0.2, -0.15) is 0 Å². The second kappa shape index (κ2) is 11.6. The van der Waals surface area contributed by atoms with E-state index in [2.05, 4.69) is 140 Å². The molecular weight excluding hydrogens is 517 g/mol. The van der Waals surface area contributed by atoms with Gasteiger partial charge in [0.05, 0.1) is 11.3 Å². The highest BCUT2D eigenvalue weighted by Gasteiger charge is 2.42. The zero-order chi connectivity index (χ0) is 29.2. The highest BCUT2D eigenvalue weighted by molar-refractivity contribution is 6.60. The fourth-order valence-corrected chi connectivity index (χ4v) is 6.02. The molecular formula is C36H38BN3O2. The third kappa shape index (κ3) is 4.85. The lowest BCUT2D eigenvalue weighted by Gasteiger charge is -2.39. The molecule has 5 nitrogen and oxygen atoms in total. The molecule has 0 radical (unpaired) electrons. The van der Waals surface area contributed by atoms with Gasteiger partial charge in [0, 0.05) is 29.7 Å². The van der Waals surface area contributed by atoms with Crippen LogP contribution in [0.5, 0.6) is 0 Å². The molecule has 0 fully saturated rings. The summed E-state index contributed by atoms with van der Waals surface area (Å²) in [7, 11) is -0.581. The summed E-state index contributed by atoms with van der Waals surface area (Å²) < 4.78 is 15.1. The van der Waals surface area contributed by atoms with Crippen molar-refractivity contribution in [2.24, 2.45) is 0 Å². The van der Waals surface area contributed by atoms with E-state index in [1.165, 1.54) is 5.56 Å². The molecule has 0 amide bonds. The largest absolute Gasteiger partial charge is 0.514 e. The van der Waals surface area contributed by atoms with Crippen LogP contribution in [0.4, 0.5) is 0 Å². The number of rotatable bonds is 10. The van der Waals surface area contributed by atoms with Crippen molar-refractivity contribution in [1.82, 2.24) is 14.9 Å². The van der Waals surface area contributed by atoms with Gasteiger partial charge in [-0.25, -0.2) is 4.98 Å². The van der Waals surface area contributed by atoms with Crippen LogP contribution in [0.25, 0.3) is 17.1 Å². The Morgan fingerprint density at radius 3 is 1.90 bits per heavy atom. The van der Waals surface area contributed by atoms with Crippen molar-refractivity contribution >= 4 is 29.8 Å². The highest BCUT2D eigenvalue weighted by atomic mass is 16.6. The van der Waals surface area contributed by atoms with Crippen LogP contribution in [-0.2, 0) is 21.4 Å². The van der Waals surface area contributed by atoms with Gasteiger partial charge in [-0.05, 0) is 68.3 Å². The molecule has 1 aliphatic rings. The number of hydrogen-bond acceptors (Lipinski definition) is 4. The van der Waals surface area contributed by atoms with Crippen molar-refractivity contribution in [3.8, 4) is 0 Å². The molecule has 1 aliphatic heterocycles. The Labute approximate surface area is 249 Å². The predicted molar refractivity (Wildman–Crippen MR) is 173 cm³/mol. The molecule has 0 atom stereocenters. The summed E-state index contributed by atoms with van der Waals surface area (Å²) in [5.74, 6) is 0. The molecule has 42 heavy (non-hydrogen) atoms. The van der Waals surface area contributed by atoms with Crippen LogP contribution < -0.4 is 10.9 Å². The Balaban J connectivity index is 1.73. The highest BCUT2D eigenvalue weighted by Crippen LogP contribution is 2.45. The van der Waals surface area contributed by atoms with Crippen molar-refractivity contribution in [2.75, 3.05) is 6.61 Å². The normalized spacial score (nSPS) is 13.1. The number of nitrogens with zero attached hydrogens (tertiary/aromatic N) is 2. The average molecular weight is 556 g/mol. The van der Waals surface area contributed by atoms with E-state index in [4.69, 9.17) is 14.3 Å². The molecule has 0 unspecified atom stereocenters. The Hall–Kier alpha value is -4.13. The molecule has 0 bridgehead atoms. The minimum absolute atomic E-state index is 0.355. The molecule has 212 valence electrons. The van der Waals surface area contributed by atoms with E-state index in [0.29, 0.717) is 6.61 Å². The molecule has 6 heteroatoms. The number of benzene rings is 3. The topological polar surface area (TPSA) is 48.3 Å². The summed E-state index contributed by atoms with van der Waals surface area (Å²) in [5.41, 5.74) is 6.43. The van der Waals surface area contributed by atoms with E-state index in [0.717, 1.165) is 52.0 Å². The molecule has 2 aromatic heterocycles. The molecule has 6 rings (SSSR count). The fraction of sp³-hybridized carbons (Fsp3) is 0.250. The van der Waals surface area contributed by atoms with Crippen LogP contribution in [0.3, 0.4) is 0 Å². The van der Waals surface area contributed by atoms with E-state index < -0.39 is 12.7 Å². The van der Waals surface area contributed by atoms with Crippen LogP contribution in [0.15, 0.2) is 109 Å². The van der Waals surface area contributed by atoms with E-state index in [9.17, 15) is 0 Å². The van der Waals surface area contributed by atoms with Gasteiger partial charge in [-0.1, -0.05) is 97.9 Å². The van der Waals surface area contributed by atoms with Crippen LogP contribution in [-0.4, -0.2) is 28.9 Å². The van der Waals surface area contributed by atoms with Crippen molar-refractivity contribution < 1.29 is 9.31 Å². The lowest BCUT2D eigenvalue weighted by atomic mass is 9.76. The van der Waals surface area contributed by atoms with E-state index >= 15 is 0 Å². The Morgan fingerprint density at radius 1 is 0.810 bits per heavy atom. The monoisotopic (exact) mass is 555 g/mol. The quantitative estimate of drug-likeness (QED) is 0.151. The second-order valence-corrected chi connectivity index (χ2v) is 11.3.